The van der Waals surface area contributed by atoms with Crippen molar-refractivity contribution in [3.05, 3.63) is 23.2 Å². The first-order valence-electron chi connectivity index (χ1n) is 4.97. The number of methoxy groups -OCH3 is 1. The van der Waals surface area contributed by atoms with E-state index in [-0.39, 0.29) is 28.0 Å². The molecule has 0 atom stereocenters. The predicted molar refractivity (Wildman–Crippen MR) is 72.1 cm³/mol. The molecule has 0 unspecified atom stereocenters. The Balaban J connectivity index is 2.97. The van der Waals surface area contributed by atoms with Crippen molar-refractivity contribution in [3.63, 3.8) is 0 Å². The van der Waals surface area contributed by atoms with Crippen molar-refractivity contribution in [1.29, 1.82) is 0 Å². The number of benzene rings is 1. The van der Waals surface area contributed by atoms with E-state index >= 15 is 0 Å². The zero-order valence-electron chi connectivity index (χ0n) is 9.96. The third-order valence-electron chi connectivity index (χ3n) is 2.07. The van der Waals surface area contributed by atoms with Crippen molar-refractivity contribution in [3.8, 4) is 0 Å². The summed E-state index contributed by atoms with van der Waals surface area (Å²) in [6.45, 7) is 0.0400. The van der Waals surface area contributed by atoms with Crippen LogP contribution in [0.2, 0.25) is 5.02 Å². The molecule has 0 saturated carbocycles. The highest BCUT2D eigenvalue weighted by molar-refractivity contribution is 7.92. The molecular formula is C9H13ClN2O5S2. The molecule has 0 amide bonds. The van der Waals surface area contributed by atoms with Crippen LogP contribution in [0.5, 0.6) is 0 Å². The lowest BCUT2D eigenvalue weighted by Gasteiger charge is -2.09. The van der Waals surface area contributed by atoms with Crippen LogP contribution in [-0.2, 0) is 24.8 Å². The Morgan fingerprint density at radius 2 is 1.95 bits per heavy atom. The average molecular weight is 329 g/mol. The Hall–Kier alpha value is -0.870. The molecule has 0 aliphatic heterocycles. The third kappa shape index (κ3) is 4.96. The molecule has 0 radical (unpaired) electrons. The van der Waals surface area contributed by atoms with Gasteiger partial charge in [0.25, 0.3) is 0 Å². The van der Waals surface area contributed by atoms with E-state index in [1.54, 1.807) is 0 Å². The van der Waals surface area contributed by atoms with E-state index in [0.29, 0.717) is 0 Å². The van der Waals surface area contributed by atoms with Gasteiger partial charge in [-0.05, 0) is 18.2 Å². The van der Waals surface area contributed by atoms with Gasteiger partial charge in [-0.3, -0.25) is 4.72 Å². The number of primary sulfonamides is 1. The number of anilines is 1. The van der Waals surface area contributed by atoms with E-state index in [2.05, 4.69) is 9.46 Å². The van der Waals surface area contributed by atoms with E-state index in [4.69, 9.17) is 16.7 Å². The van der Waals surface area contributed by atoms with Gasteiger partial charge in [0, 0.05) is 7.11 Å². The summed E-state index contributed by atoms with van der Waals surface area (Å²) in [5.41, 5.74) is 0.147. The number of nitrogens with two attached hydrogens (primary N) is 1. The highest BCUT2D eigenvalue weighted by atomic mass is 35.5. The van der Waals surface area contributed by atoms with Crippen LogP contribution in [0, 0.1) is 0 Å². The number of ether oxygens (including phenoxy) is 1. The smallest absolute Gasteiger partial charge is 0.239 e. The van der Waals surface area contributed by atoms with Gasteiger partial charge in [-0.25, -0.2) is 22.0 Å². The molecule has 1 aromatic carbocycles. The minimum absolute atomic E-state index is 0.0400. The topological polar surface area (TPSA) is 116 Å². The molecule has 1 rings (SSSR count). The molecule has 10 heteroatoms. The van der Waals surface area contributed by atoms with Crippen LogP contribution in [0.15, 0.2) is 23.1 Å². The van der Waals surface area contributed by atoms with Gasteiger partial charge in [-0.1, -0.05) is 11.6 Å². The summed E-state index contributed by atoms with van der Waals surface area (Å²) >= 11 is 5.73. The molecule has 108 valence electrons. The lowest BCUT2D eigenvalue weighted by atomic mass is 10.3. The molecule has 0 bridgehead atoms. The molecular weight excluding hydrogens is 316 g/mol. The molecule has 0 spiro atoms. The normalized spacial score (nSPS) is 12.4. The third-order valence-corrected chi connectivity index (χ3v) is 4.71. The summed E-state index contributed by atoms with van der Waals surface area (Å²) in [6, 6.07) is 3.56. The van der Waals surface area contributed by atoms with E-state index < -0.39 is 20.0 Å². The zero-order valence-corrected chi connectivity index (χ0v) is 12.3. The quantitative estimate of drug-likeness (QED) is 0.783. The maximum Gasteiger partial charge on any atom is 0.239 e. The molecule has 0 aliphatic carbocycles. The van der Waals surface area contributed by atoms with Crippen LogP contribution in [-0.4, -0.2) is 36.3 Å². The lowest BCUT2D eigenvalue weighted by molar-refractivity contribution is 0.217. The Kier molecular flexibility index (Phi) is 5.16. The van der Waals surface area contributed by atoms with Gasteiger partial charge in [-0.2, -0.15) is 0 Å². The van der Waals surface area contributed by atoms with Gasteiger partial charge in [0.15, 0.2) is 0 Å². The standard InChI is InChI=1S/C9H13ClN2O5S2/c1-17-4-5-18(13,14)12-7-2-3-9(8(10)6-7)19(11,15)16/h2-3,6,12H,4-5H2,1H3,(H2,11,15,16). The molecule has 7 nitrogen and oxygen atoms in total. The fraction of sp³-hybridized carbons (Fsp3) is 0.333. The van der Waals surface area contributed by atoms with Gasteiger partial charge in [0.2, 0.25) is 20.0 Å². The van der Waals surface area contributed by atoms with Crippen LogP contribution < -0.4 is 9.86 Å². The Morgan fingerprint density at radius 3 is 2.42 bits per heavy atom. The number of hydrogen-bond donors (Lipinski definition) is 2. The van der Waals surface area contributed by atoms with Crippen molar-refractivity contribution in [1.82, 2.24) is 0 Å². The minimum Gasteiger partial charge on any atom is -0.384 e. The zero-order chi connectivity index (χ0) is 14.7. The second-order valence-corrected chi connectivity index (χ2v) is 7.38. The minimum atomic E-state index is -3.94. The van der Waals surface area contributed by atoms with Gasteiger partial charge in [0.1, 0.15) is 4.90 Å². The van der Waals surface area contributed by atoms with Crippen LogP contribution in [0.1, 0.15) is 0 Å². The fourth-order valence-corrected chi connectivity index (χ4v) is 3.28. The maximum absolute atomic E-state index is 11.6. The maximum atomic E-state index is 11.6. The number of sulfonamides is 2. The number of rotatable bonds is 6. The van der Waals surface area contributed by atoms with E-state index in [0.717, 1.165) is 6.07 Å². The lowest BCUT2D eigenvalue weighted by Crippen LogP contribution is -2.20. The van der Waals surface area contributed by atoms with E-state index in [9.17, 15) is 16.8 Å². The highest BCUT2D eigenvalue weighted by Gasteiger charge is 2.15. The Morgan fingerprint density at radius 1 is 1.32 bits per heavy atom. The summed E-state index contributed by atoms with van der Waals surface area (Å²) < 4.78 is 52.3. The number of hydrogen-bond acceptors (Lipinski definition) is 5. The highest BCUT2D eigenvalue weighted by Crippen LogP contribution is 2.24. The van der Waals surface area contributed by atoms with Gasteiger partial charge >= 0.3 is 0 Å². The van der Waals surface area contributed by atoms with Crippen LogP contribution in [0.4, 0.5) is 5.69 Å². The molecule has 0 aromatic heterocycles. The second-order valence-electron chi connectivity index (χ2n) is 3.60. The monoisotopic (exact) mass is 328 g/mol. The summed E-state index contributed by atoms with van der Waals surface area (Å²) in [7, 11) is -6.13. The summed E-state index contributed by atoms with van der Waals surface area (Å²) in [4.78, 5) is -0.269. The van der Waals surface area contributed by atoms with Crippen molar-refractivity contribution in [2.45, 2.75) is 4.90 Å². The molecule has 0 fully saturated rings. The van der Waals surface area contributed by atoms with Gasteiger partial charge in [0.05, 0.1) is 23.1 Å². The SMILES string of the molecule is COCCS(=O)(=O)Nc1ccc(S(N)(=O)=O)c(Cl)c1. The average Bonchev–Trinajstić information content (AvgIpc) is 2.24. The van der Waals surface area contributed by atoms with Crippen LogP contribution in [0.25, 0.3) is 0 Å². The van der Waals surface area contributed by atoms with E-state index in [1.165, 1.54) is 19.2 Å². The van der Waals surface area contributed by atoms with Gasteiger partial charge in [-0.15, -0.1) is 0 Å². The predicted octanol–water partition coefficient (Wildman–Crippen LogP) is 0.375. The number of halogens is 1. The Bertz CT molecular complexity index is 657. The van der Waals surface area contributed by atoms with E-state index in [1.807, 2.05) is 0 Å². The molecule has 0 saturated heterocycles. The summed E-state index contributed by atoms with van der Waals surface area (Å²) in [5, 5.41) is 4.78. The first-order chi connectivity index (χ1) is 8.65. The first kappa shape index (κ1) is 16.2. The fourth-order valence-electron chi connectivity index (χ4n) is 1.22. The molecule has 3 N–H and O–H groups in total. The van der Waals surface area contributed by atoms with Crippen molar-refractivity contribution in [2.24, 2.45) is 5.14 Å². The summed E-state index contributed by atoms with van der Waals surface area (Å²) in [5.74, 6) is -0.224. The molecule has 1 aromatic rings. The van der Waals surface area contributed by atoms with Gasteiger partial charge < -0.3 is 4.74 Å². The molecule has 0 aliphatic rings. The largest absolute Gasteiger partial charge is 0.384 e. The second kappa shape index (κ2) is 6.06. The first-order valence-corrected chi connectivity index (χ1v) is 8.55. The molecule has 19 heavy (non-hydrogen) atoms. The van der Waals surface area contributed by atoms with Crippen molar-refractivity contribution >= 4 is 37.3 Å². The Labute approximate surface area is 116 Å². The number of nitrogens with one attached hydrogen (secondary N) is 1. The van der Waals surface area contributed by atoms with Crippen molar-refractivity contribution in [2.75, 3.05) is 24.2 Å². The summed E-state index contributed by atoms with van der Waals surface area (Å²) in [6.07, 6.45) is 0. The molecule has 0 heterocycles. The van der Waals surface area contributed by atoms with Crippen LogP contribution >= 0.6 is 11.6 Å². The van der Waals surface area contributed by atoms with Crippen LogP contribution in [0.3, 0.4) is 0 Å². The van der Waals surface area contributed by atoms with Crippen molar-refractivity contribution < 1.29 is 21.6 Å².